The fourth-order valence-corrected chi connectivity index (χ4v) is 2.59. The fourth-order valence-electron chi connectivity index (χ4n) is 0.862. The summed E-state index contributed by atoms with van der Waals surface area (Å²) in [6, 6.07) is 0.885. The largest absolute Gasteiger partial charge is 0.500 e. The molecule has 6 heteroatoms. The number of hydrogen-bond donors (Lipinski definition) is 0. The second kappa shape index (κ2) is 9.13. The van der Waals surface area contributed by atoms with E-state index >= 15 is 0 Å². The maximum atomic E-state index is 8.89. The molecule has 85 valence electrons. The normalized spacial score (nSPS) is 10.4. The molecule has 14 heavy (non-hydrogen) atoms. The zero-order valence-corrected chi connectivity index (χ0v) is 10.5. The molecule has 0 bridgehead atoms. The van der Waals surface area contributed by atoms with Gasteiger partial charge in [0.25, 0.3) is 0 Å². The van der Waals surface area contributed by atoms with Crippen LogP contribution in [0.15, 0.2) is 0 Å². The quantitative estimate of drug-likeness (QED) is 0.658. The second-order valence-electron chi connectivity index (χ2n) is 2.54. The van der Waals surface area contributed by atoms with Crippen LogP contribution in [0.5, 0.6) is 0 Å². The molecule has 0 heterocycles. The lowest BCUT2D eigenvalue weighted by Crippen LogP contribution is -2.42. The van der Waals surface area contributed by atoms with Crippen molar-refractivity contribution in [3.63, 3.8) is 0 Å². The molecule has 1 radical (unpaired) electrons. The fraction of sp³-hybridized carbons (Fsp3) is 0.875. The van der Waals surface area contributed by atoms with Gasteiger partial charge in [-0.3, -0.25) is 0 Å². The van der Waals surface area contributed by atoms with Crippen LogP contribution in [0.3, 0.4) is 0 Å². The third-order valence-corrected chi connectivity index (χ3v) is 4.47. The van der Waals surface area contributed by atoms with Gasteiger partial charge in [0.05, 0.1) is 0 Å². The maximum absolute atomic E-state index is 8.89. The van der Waals surface area contributed by atoms with E-state index in [9.17, 15) is 0 Å². The summed E-state index contributed by atoms with van der Waals surface area (Å²) in [6.45, 7) is 3.05. The molecule has 0 unspecified atom stereocenters. The standard InChI is InChI=1S/C6H16O3Si.C2H3O2/c1-5-6-10(7-2,8-3)9-4;1-2(3)4/h5-6H2,1-4H3;1H3. The van der Waals surface area contributed by atoms with Crippen LogP contribution in [0.25, 0.3) is 0 Å². The average Bonchev–Trinajstić information content (AvgIpc) is 2.14. The Morgan fingerprint density at radius 2 is 1.43 bits per heavy atom. The molecule has 0 amide bonds. The van der Waals surface area contributed by atoms with Crippen LogP contribution < -0.4 is 0 Å². The Bertz CT molecular complexity index is 134. The summed E-state index contributed by atoms with van der Waals surface area (Å²) in [7, 11) is 2.68. The summed E-state index contributed by atoms with van der Waals surface area (Å²) >= 11 is 0. The van der Waals surface area contributed by atoms with Gasteiger partial charge < -0.3 is 13.3 Å². The predicted octanol–water partition coefficient (Wildman–Crippen LogP) is 1.24. The molecule has 0 atom stereocenters. The molecule has 0 aromatic rings. The van der Waals surface area contributed by atoms with E-state index in [1.165, 1.54) is 0 Å². The highest BCUT2D eigenvalue weighted by Gasteiger charge is 2.36. The first kappa shape index (κ1) is 16.0. The highest BCUT2D eigenvalue weighted by molar-refractivity contribution is 6.60. The Labute approximate surface area is 86.3 Å². The minimum absolute atomic E-state index is 0.885. The Balaban J connectivity index is 0. The van der Waals surface area contributed by atoms with Crippen molar-refractivity contribution in [2.24, 2.45) is 0 Å². The van der Waals surface area contributed by atoms with Crippen molar-refractivity contribution in [2.45, 2.75) is 26.3 Å². The van der Waals surface area contributed by atoms with E-state index < -0.39 is 14.8 Å². The van der Waals surface area contributed by atoms with E-state index in [4.69, 9.17) is 23.2 Å². The lowest BCUT2D eigenvalue weighted by atomic mass is 10.6. The molecular formula is C8H19O5Si. The lowest BCUT2D eigenvalue weighted by molar-refractivity contribution is -0.140. The summed E-state index contributed by atoms with van der Waals surface area (Å²) in [5.74, 6) is -1.08. The summed E-state index contributed by atoms with van der Waals surface area (Å²) in [4.78, 5) is 8.89. The first-order valence-electron chi connectivity index (χ1n) is 4.31. The molecule has 0 aliphatic heterocycles. The molecule has 0 aliphatic rings. The Morgan fingerprint density at radius 1 is 1.14 bits per heavy atom. The van der Waals surface area contributed by atoms with Crippen LogP contribution >= 0.6 is 0 Å². The predicted molar refractivity (Wildman–Crippen MR) is 53.2 cm³/mol. The van der Waals surface area contributed by atoms with Crippen LogP contribution in [0.1, 0.15) is 20.3 Å². The number of hydrogen-bond acceptors (Lipinski definition) is 4. The van der Waals surface area contributed by atoms with Crippen molar-refractivity contribution in [1.29, 1.82) is 0 Å². The highest BCUT2D eigenvalue weighted by atomic mass is 28.4. The summed E-state index contributed by atoms with van der Waals surface area (Å²) < 4.78 is 15.5. The first-order valence-corrected chi connectivity index (χ1v) is 6.24. The molecule has 0 saturated carbocycles. The lowest BCUT2D eigenvalue weighted by Gasteiger charge is -2.23. The molecule has 0 saturated heterocycles. The molecule has 0 aliphatic carbocycles. The topological polar surface area (TPSA) is 64.7 Å². The van der Waals surface area contributed by atoms with Crippen LogP contribution in [-0.4, -0.2) is 36.1 Å². The molecule has 0 aromatic heterocycles. The van der Waals surface area contributed by atoms with Gasteiger partial charge >= 0.3 is 14.8 Å². The zero-order chi connectivity index (χ0) is 11.6. The van der Waals surface area contributed by atoms with Gasteiger partial charge in [0.1, 0.15) is 0 Å². The molecule has 0 N–H and O–H groups in total. The highest BCUT2D eigenvalue weighted by Crippen LogP contribution is 2.13. The van der Waals surface area contributed by atoms with Crippen molar-refractivity contribution in [3.05, 3.63) is 0 Å². The summed E-state index contributed by atoms with van der Waals surface area (Å²) in [6.07, 6.45) is 1.03. The van der Waals surface area contributed by atoms with E-state index in [1.54, 1.807) is 21.3 Å². The summed E-state index contributed by atoms with van der Waals surface area (Å²) in [5.41, 5.74) is 0. The van der Waals surface area contributed by atoms with Gasteiger partial charge in [0.2, 0.25) is 0 Å². The molecule has 5 nitrogen and oxygen atoms in total. The van der Waals surface area contributed by atoms with Crippen molar-refractivity contribution < 1.29 is 23.2 Å². The van der Waals surface area contributed by atoms with Crippen molar-refractivity contribution in [1.82, 2.24) is 0 Å². The van der Waals surface area contributed by atoms with Gasteiger partial charge in [-0.25, -0.2) is 9.90 Å². The van der Waals surface area contributed by atoms with Crippen LogP contribution in [-0.2, 0) is 23.2 Å². The van der Waals surface area contributed by atoms with E-state index in [0.717, 1.165) is 19.4 Å². The van der Waals surface area contributed by atoms with E-state index in [1.807, 2.05) is 0 Å². The van der Waals surface area contributed by atoms with Crippen molar-refractivity contribution >= 4 is 14.8 Å². The number of rotatable bonds is 5. The van der Waals surface area contributed by atoms with Gasteiger partial charge in [-0.15, -0.1) is 0 Å². The van der Waals surface area contributed by atoms with E-state index in [0.29, 0.717) is 0 Å². The van der Waals surface area contributed by atoms with Crippen molar-refractivity contribution in [2.75, 3.05) is 21.3 Å². The Kier molecular flexibility index (Phi) is 10.4. The average molecular weight is 223 g/mol. The second-order valence-corrected chi connectivity index (χ2v) is 5.63. The van der Waals surface area contributed by atoms with E-state index in [-0.39, 0.29) is 0 Å². The number of carbonyl (C=O) groups excluding carboxylic acids is 1. The molecule has 0 rings (SSSR count). The van der Waals surface area contributed by atoms with Gasteiger partial charge in [-0.1, -0.05) is 13.3 Å². The van der Waals surface area contributed by atoms with E-state index in [2.05, 4.69) is 6.92 Å². The molecular weight excluding hydrogens is 204 g/mol. The van der Waals surface area contributed by atoms with Crippen LogP contribution in [0.2, 0.25) is 6.04 Å². The molecule has 0 fully saturated rings. The SMILES string of the molecule is CC([O])=O.CCC[Si](OC)(OC)OC. The summed E-state index contributed by atoms with van der Waals surface area (Å²) in [5, 5.41) is 8.89. The molecule has 0 aromatic carbocycles. The molecule has 0 spiro atoms. The minimum Gasteiger partial charge on any atom is -0.377 e. The first-order chi connectivity index (χ1) is 6.47. The third kappa shape index (κ3) is 8.18. The Morgan fingerprint density at radius 3 is 1.50 bits per heavy atom. The third-order valence-electron chi connectivity index (χ3n) is 1.49. The monoisotopic (exact) mass is 223 g/mol. The van der Waals surface area contributed by atoms with Crippen molar-refractivity contribution in [3.8, 4) is 0 Å². The maximum Gasteiger partial charge on any atom is 0.500 e. The zero-order valence-electron chi connectivity index (χ0n) is 9.46. The Hall–Kier alpha value is -0.433. The number of carbonyl (C=O) groups is 1. The van der Waals surface area contributed by atoms with Crippen LogP contribution in [0, 0.1) is 0 Å². The minimum atomic E-state index is -2.22. The van der Waals surface area contributed by atoms with Gasteiger partial charge in [0.15, 0.2) is 0 Å². The van der Waals surface area contributed by atoms with Gasteiger partial charge in [-0.05, 0) is 0 Å². The van der Waals surface area contributed by atoms with Gasteiger partial charge in [0, 0.05) is 34.3 Å². The van der Waals surface area contributed by atoms with Gasteiger partial charge in [-0.2, -0.15) is 0 Å². The van der Waals surface area contributed by atoms with Crippen LogP contribution in [0.4, 0.5) is 0 Å². The smallest absolute Gasteiger partial charge is 0.377 e.